The molecule has 0 radical (unpaired) electrons. The van der Waals surface area contributed by atoms with Crippen LogP contribution < -0.4 is 11.2 Å². The zero-order valence-electron chi connectivity index (χ0n) is 6.94. The second-order valence-electron chi connectivity index (χ2n) is 2.99. The Morgan fingerprint density at radius 3 is 2.85 bits per heavy atom. The lowest BCUT2D eigenvalue weighted by Gasteiger charge is -2.02. The smallest absolute Gasteiger partial charge is 0.423 e. The summed E-state index contributed by atoms with van der Waals surface area (Å²) in [5, 5.41) is 17.8. The molecule has 4 N–H and O–H groups in total. The fourth-order valence-corrected chi connectivity index (χ4v) is 1.41. The molecule has 0 unspecified atom stereocenters. The Labute approximate surface area is 75.9 Å². The summed E-state index contributed by atoms with van der Waals surface area (Å²) in [6, 6.07) is 5.11. The standard InChI is InChI=1S/C8H9BN2O2/c10-8-7-2-1-6(9(12)13)3-5(7)4-11-8/h1-3,12-13H,4H2,(H2,10,11). The van der Waals surface area contributed by atoms with E-state index in [0.29, 0.717) is 17.8 Å². The van der Waals surface area contributed by atoms with E-state index in [-0.39, 0.29) is 0 Å². The molecule has 0 amide bonds. The number of rotatable bonds is 1. The van der Waals surface area contributed by atoms with Crippen LogP contribution in [-0.4, -0.2) is 23.0 Å². The van der Waals surface area contributed by atoms with Crippen LogP contribution >= 0.6 is 0 Å². The van der Waals surface area contributed by atoms with Gasteiger partial charge in [0.25, 0.3) is 0 Å². The van der Waals surface area contributed by atoms with Crippen molar-refractivity contribution < 1.29 is 10.0 Å². The zero-order chi connectivity index (χ0) is 9.42. The Bertz CT molecular complexity index is 376. The summed E-state index contributed by atoms with van der Waals surface area (Å²) in [6.45, 7) is 0.529. The maximum absolute atomic E-state index is 8.91. The molecule has 5 heteroatoms. The summed E-state index contributed by atoms with van der Waals surface area (Å²) < 4.78 is 0. The Kier molecular flexibility index (Phi) is 1.83. The fraction of sp³-hybridized carbons (Fsp3) is 0.125. The number of fused-ring (bicyclic) bond motifs is 1. The third-order valence-electron chi connectivity index (χ3n) is 2.12. The van der Waals surface area contributed by atoms with Gasteiger partial charge in [0.05, 0.1) is 6.54 Å². The highest BCUT2D eigenvalue weighted by molar-refractivity contribution is 6.58. The van der Waals surface area contributed by atoms with Gasteiger partial charge >= 0.3 is 7.12 Å². The highest BCUT2D eigenvalue weighted by Gasteiger charge is 2.17. The second kappa shape index (κ2) is 2.87. The van der Waals surface area contributed by atoms with E-state index in [4.69, 9.17) is 15.8 Å². The molecule has 0 spiro atoms. The predicted molar refractivity (Wildman–Crippen MR) is 50.7 cm³/mol. The van der Waals surface area contributed by atoms with Crippen LogP contribution in [0.2, 0.25) is 0 Å². The van der Waals surface area contributed by atoms with Gasteiger partial charge in [0.15, 0.2) is 0 Å². The summed E-state index contributed by atoms with van der Waals surface area (Å²) in [5.74, 6) is 0.522. The first-order valence-corrected chi connectivity index (χ1v) is 3.98. The van der Waals surface area contributed by atoms with Gasteiger partial charge in [0.2, 0.25) is 0 Å². The number of nitrogens with zero attached hydrogens (tertiary/aromatic N) is 1. The summed E-state index contributed by atoms with van der Waals surface area (Å²) >= 11 is 0. The molecule has 66 valence electrons. The molecule has 0 aliphatic carbocycles. The molecule has 1 aliphatic heterocycles. The van der Waals surface area contributed by atoms with E-state index >= 15 is 0 Å². The van der Waals surface area contributed by atoms with Crippen LogP contribution in [0.4, 0.5) is 0 Å². The van der Waals surface area contributed by atoms with E-state index in [1.165, 1.54) is 0 Å². The Balaban J connectivity index is 2.44. The van der Waals surface area contributed by atoms with Gasteiger partial charge < -0.3 is 15.8 Å². The molecule has 1 aromatic carbocycles. The van der Waals surface area contributed by atoms with Crippen molar-refractivity contribution in [3.63, 3.8) is 0 Å². The average Bonchev–Trinajstić information content (AvgIpc) is 2.47. The largest absolute Gasteiger partial charge is 0.488 e. The molecule has 0 aromatic heterocycles. The monoisotopic (exact) mass is 176 g/mol. The van der Waals surface area contributed by atoms with Crippen LogP contribution in [0, 0.1) is 0 Å². The molecule has 1 aliphatic rings. The third kappa shape index (κ3) is 1.32. The summed E-state index contributed by atoms with van der Waals surface area (Å²) in [4.78, 5) is 4.04. The van der Waals surface area contributed by atoms with Crippen molar-refractivity contribution in [1.29, 1.82) is 0 Å². The van der Waals surface area contributed by atoms with Crippen molar-refractivity contribution in [2.24, 2.45) is 10.7 Å². The van der Waals surface area contributed by atoms with Gasteiger partial charge in [-0.3, -0.25) is 4.99 Å². The van der Waals surface area contributed by atoms with Gasteiger partial charge in [-0.2, -0.15) is 0 Å². The van der Waals surface area contributed by atoms with Crippen molar-refractivity contribution in [2.75, 3.05) is 0 Å². The maximum atomic E-state index is 8.91. The van der Waals surface area contributed by atoms with E-state index in [2.05, 4.69) is 4.99 Å². The van der Waals surface area contributed by atoms with E-state index in [1.54, 1.807) is 18.2 Å². The highest BCUT2D eigenvalue weighted by atomic mass is 16.4. The summed E-state index contributed by atoms with van der Waals surface area (Å²) in [6.07, 6.45) is 0. The second-order valence-corrected chi connectivity index (χ2v) is 2.99. The molecule has 1 aromatic rings. The lowest BCUT2D eigenvalue weighted by Crippen LogP contribution is -2.30. The minimum atomic E-state index is -1.42. The van der Waals surface area contributed by atoms with Gasteiger partial charge in [0.1, 0.15) is 5.84 Å². The molecule has 0 bridgehead atoms. The molecule has 0 saturated carbocycles. The Morgan fingerprint density at radius 2 is 2.15 bits per heavy atom. The molecule has 0 atom stereocenters. The number of nitrogens with two attached hydrogens (primary N) is 1. The lowest BCUT2D eigenvalue weighted by molar-refractivity contribution is 0.425. The number of aliphatic imine (C=N–C) groups is 1. The number of hydrogen-bond acceptors (Lipinski definition) is 4. The van der Waals surface area contributed by atoms with Gasteiger partial charge in [-0.05, 0) is 11.0 Å². The van der Waals surface area contributed by atoms with Gasteiger partial charge in [0, 0.05) is 5.56 Å². The van der Waals surface area contributed by atoms with Crippen LogP contribution in [-0.2, 0) is 6.54 Å². The van der Waals surface area contributed by atoms with Gasteiger partial charge in [-0.1, -0.05) is 18.2 Å². The first kappa shape index (κ1) is 8.28. The summed E-state index contributed by atoms with van der Waals surface area (Å²) in [5.41, 5.74) is 7.91. The van der Waals surface area contributed by atoms with Crippen LogP contribution in [0.15, 0.2) is 23.2 Å². The molecule has 1 heterocycles. The minimum absolute atomic E-state index is 0.476. The van der Waals surface area contributed by atoms with E-state index in [9.17, 15) is 0 Å². The molecule has 0 saturated heterocycles. The van der Waals surface area contributed by atoms with Crippen molar-refractivity contribution in [3.8, 4) is 0 Å². The highest BCUT2D eigenvalue weighted by Crippen LogP contribution is 2.14. The quantitative estimate of drug-likeness (QED) is 0.459. The van der Waals surface area contributed by atoms with Crippen LogP contribution in [0.1, 0.15) is 11.1 Å². The van der Waals surface area contributed by atoms with Crippen molar-refractivity contribution in [1.82, 2.24) is 0 Å². The molecule has 0 fully saturated rings. The van der Waals surface area contributed by atoms with Crippen LogP contribution in [0.25, 0.3) is 0 Å². The molecule has 2 rings (SSSR count). The fourth-order valence-electron chi connectivity index (χ4n) is 1.41. The minimum Gasteiger partial charge on any atom is -0.423 e. The van der Waals surface area contributed by atoms with Crippen molar-refractivity contribution in [3.05, 3.63) is 29.3 Å². The number of benzene rings is 1. The van der Waals surface area contributed by atoms with E-state index in [1.807, 2.05) is 0 Å². The first-order valence-electron chi connectivity index (χ1n) is 3.98. The number of amidine groups is 1. The van der Waals surface area contributed by atoms with E-state index < -0.39 is 7.12 Å². The Morgan fingerprint density at radius 1 is 1.38 bits per heavy atom. The molecular formula is C8H9BN2O2. The molecule has 4 nitrogen and oxygen atoms in total. The lowest BCUT2D eigenvalue weighted by atomic mass is 9.79. The zero-order valence-corrected chi connectivity index (χ0v) is 6.94. The van der Waals surface area contributed by atoms with Crippen molar-refractivity contribution in [2.45, 2.75) is 6.54 Å². The number of hydrogen-bond donors (Lipinski definition) is 3. The first-order chi connectivity index (χ1) is 6.18. The van der Waals surface area contributed by atoms with Gasteiger partial charge in [-0.25, -0.2) is 0 Å². The molecule has 13 heavy (non-hydrogen) atoms. The third-order valence-corrected chi connectivity index (χ3v) is 2.12. The summed E-state index contributed by atoms with van der Waals surface area (Å²) in [7, 11) is -1.42. The van der Waals surface area contributed by atoms with Crippen LogP contribution in [0.3, 0.4) is 0 Å². The van der Waals surface area contributed by atoms with Crippen LogP contribution in [0.5, 0.6) is 0 Å². The topological polar surface area (TPSA) is 78.8 Å². The average molecular weight is 176 g/mol. The SMILES string of the molecule is NC1=NCc2cc(B(O)O)ccc21. The van der Waals surface area contributed by atoms with Crippen molar-refractivity contribution >= 4 is 18.4 Å². The molecular weight excluding hydrogens is 167 g/mol. The van der Waals surface area contributed by atoms with Gasteiger partial charge in [-0.15, -0.1) is 0 Å². The van der Waals surface area contributed by atoms with E-state index in [0.717, 1.165) is 11.1 Å². The maximum Gasteiger partial charge on any atom is 0.488 e. The Hall–Kier alpha value is -1.33. The predicted octanol–water partition coefficient (Wildman–Crippen LogP) is -1.41. The normalized spacial score (nSPS) is 13.8.